The molecular weight excluding hydrogens is 204 g/mol. The van der Waals surface area contributed by atoms with Gasteiger partial charge in [-0.15, -0.1) is 0 Å². The Morgan fingerprint density at radius 3 is 2.38 bits per heavy atom. The summed E-state index contributed by atoms with van der Waals surface area (Å²) < 4.78 is 5.57. The van der Waals surface area contributed by atoms with Crippen molar-refractivity contribution >= 4 is 5.97 Å². The van der Waals surface area contributed by atoms with E-state index in [0.29, 0.717) is 12.2 Å². The van der Waals surface area contributed by atoms with Gasteiger partial charge in [0.15, 0.2) is 0 Å². The molecule has 0 spiro atoms. The zero-order valence-corrected chi connectivity index (χ0v) is 9.93. The average Bonchev–Trinajstić information content (AvgIpc) is 2.17. The predicted molar refractivity (Wildman–Crippen MR) is 62.6 cm³/mol. The maximum absolute atomic E-state index is 11.2. The minimum absolute atomic E-state index is 0.268. The van der Waals surface area contributed by atoms with Crippen molar-refractivity contribution in [3.05, 3.63) is 30.3 Å². The molecule has 1 atom stereocenters. The van der Waals surface area contributed by atoms with Crippen LogP contribution in [0.4, 0.5) is 0 Å². The van der Waals surface area contributed by atoms with E-state index in [1.165, 1.54) is 0 Å². The fraction of sp³-hybridized carbons (Fsp3) is 0.462. The van der Waals surface area contributed by atoms with Gasteiger partial charge >= 0.3 is 5.97 Å². The fourth-order valence-corrected chi connectivity index (χ4v) is 1.70. The lowest BCUT2D eigenvalue weighted by Crippen LogP contribution is -2.42. The van der Waals surface area contributed by atoms with Gasteiger partial charge in [0, 0.05) is 6.42 Å². The van der Waals surface area contributed by atoms with Gasteiger partial charge in [0.25, 0.3) is 0 Å². The van der Waals surface area contributed by atoms with Crippen molar-refractivity contribution in [3.8, 4) is 5.75 Å². The highest BCUT2D eigenvalue weighted by molar-refractivity contribution is 5.77. The van der Waals surface area contributed by atoms with Crippen molar-refractivity contribution in [1.82, 2.24) is 0 Å². The first kappa shape index (κ1) is 12.6. The predicted octanol–water partition coefficient (Wildman–Crippen LogP) is 2.95. The van der Waals surface area contributed by atoms with Gasteiger partial charge < -0.3 is 9.84 Å². The normalized spacial score (nSPS) is 14.5. The summed E-state index contributed by atoms with van der Waals surface area (Å²) in [5, 5.41) is 9.22. The van der Waals surface area contributed by atoms with Gasteiger partial charge in [0.1, 0.15) is 5.75 Å². The molecule has 1 unspecified atom stereocenters. The number of hydrogen-bond acceptors (Lipinski definition) is 2. The number of carboxylic acids is 1. The molecule has 0 saturated carbocycles. The van der Waals surface area contributed by atoms with E-state index in [2.05, 4.69) is 0 Å². The van der Waals surface area contributed by atoms with E-state index in [0.717, 1.165) is 0 Å². The summed E-state index contributed by atoms with van der Waals surface area (Å²) in [6.07, 6.45) is 0.483. The van der Waals surface area contributed by atoms with Gasteiger partial charge in [-0.2, -0.15) is 0 Å². The standard InChI is InChI=1S/C13H18O3/c1-10(2)9-13(3,12(14)15)16-11-7-5-4-6-8-11/h4-8,10H,9H2,1-3H3,(H,14,15). The quantitative estimate of drug-likeness (QED) is 0.833. The molecule has 88 valence electrons. The van der Waals surface area contributed by atoms with Crippen molar-refractivity contribution < 1.29 is 14.6 Å². The maximum atomic E-state index is 11.2. The Balaban J connectivity index is 2.83. The third kappa shape index (κ3) is 3.26. The topological polar surface area (TPSA) is 46.5 Å². The summed E-state index contributed by atoms with van der Waals surface area (Å²) in [5.74, 6) is -0.0667. The molecule has 0 heterocycles. The minimum atomic E-state index is -1.16. The molecule has 1 rings (SSSR count). The van der Waals surface area contributed by atoms with Crippen LogP contribution in [-0.2, 0) is 4.79 Å². The molecule has 0 radical (unpaired) electrons. The lowest BCUT2D eigenvalue weighted by Gasteiger charge is -2.27. The number of rotatable bonds is 5. The SMILES string of the molecule is CC(C)CC(C)(Oc1ccccc1)C(=O)O. The van der Waals surface area contributed by atoms with E-state index < -0.39 is 11.6 Å². The zero-order chi connectivity index (χ0) is 12.2. The molecule has 0 aliphatic rings. The Morgan fingerprint density at radius 2 is 1.94 bits per heavy atom. The van der Waals surface area contributed by atoms with Crippen LogP contribution in [0.5, 0.6) is 5.75 Å². The van der Waals surface area contributed by atoms with Gasteiger partial charge in [-0.1, -0.05) is 32.0 Å². The Morgan fingerprint density at radius 1 is 1.38 bits per heavy atom. The maximum Gasteiger partial charge on any atom is 0.347 e. The van der Waals surface area contributed by atoms with E-state index >= 15 is 0 Å². The summed E-state index contributed by atoms with van der Waals surface area (Å²) in [7, 11) is 0. The number of aliphatic carboxylic acids is 1. The molecule has 0 aromatic heterocycles. The molecule has 0 bridgehead atoms. The number of benzene rings is 1. The third-order valence-corrected chi connectivity index (χ3v) is 2.34. The smallest absolute Gasteiger partial charge is 0.347 e. The van der Waals surface area contributed by atoms with Crippen LogP contribution in [-0.4, -0.2) is 16.7 Å². The van der Waals surface area contributed by atoms with Crippen LogP contribution in [0.1, 0.15) is 27.2 Å². The second kappa shape index (κ2) is 5.01. The first-order valence-electron chi connectivity index (χ1n) is 5.41. The second-order valence-corrected chi connectivity index (χ2v) is 4.55. The lowest BCUT2D eigenvalue weighted by atomic mass is 9.94. The van der Waals surface area contributed by atoms with E-state index in [1.807, 2.05) is 32.0 Å². The Hall–Kier alpha value is -1.51. The van der Waals surface area contributed by atoms with Crippen LogP contribution >= 0.6 is 0 Å². The summed E-state index contributed by atoms with van der Waals surface area (Å²) in [6, 6.07) is 9.05. The van der Waals surface area contributed by atoms with Crippen molar-refractivity contribution in [2.75, 3.05) is 0 Å². The van der Waals surface area contributed by atoms with Crippen molar-refractivity contribution in [3.63, 3.8) is 0 Å². The highest BCUT2D eigenvalue weighted by Crippen LogP contribution is 2.24. The van der Waals surface area contributed by atoms with Crippen LogP contribution in [0.2, 0.25) is 0 Å². The third-order valence-electron chi connectivity index (χ3n) is 2.34. The van der Waals surface area contributed by atoms with E-state index in [1.54, 1.807) is 19.1 Å². The number of para-hydroxylation sites is 1. The molecule has 0 fully saturated rings. The minimum Gasteiger partial charge on any atom is -0.478 e. The van der Waals surface area contributed by atoms with Gasteiger partial charge in [0.2, 0.25) is 5.60 Å². The second-order valence-electron chi connectivity index (χ2n) is 4.55. The monoisotopic (exact) mass is 222 g/mol. The number of carboxylic acid groups (broad SMARTS) is 1. The summed E-state index contributed by atoms with van der Waals surface area (Å²) >= 11 is 0. The molecule has 1 aromatic carbocycles. The lowest BCUT2D eigenvalue weighted by molar-refractivity contribution is -0.155. The molecule has 0 amide bonds. The molecular formula is C13H18O3. The molecule has 0 aliphatic heterocycles. The molecule has 0 aliphatic carbocycles. The van der Waals surface area contributed by atoms with Crippen LogP contribution in [0.3, 0.4) is 0 Å². The highest BCUT2D eigenvalue weighted by Gasteiger charge is 2.36. The van der Waals surface area contributed by atoms with Gasteiger partial charge in [-0.3, -0.25) is 0 Å². The molecule has 0 saturated heterocycles. The van der Waals surface area contributed by atoms with Crippen LogP contribution in [0.25, 0.3) is 0 Å². The Bertz CT molecular complexity index is 345. The van der Waals surface area contributed by atoms with Crippen LogP contribution in [0, 0.1) is 5.92 Å². The molecule has 1 aromatic rings. The van der Waals surface area contributed by atoms with Crippen molar-refractivity contribution in [2.45, 2.75) is 32.8 Å². The van der Waals surface area contributed by atoms with E-state index in [9.17, 15) is 9.90 Å². The zero-order valence-electron chi connectivity index (χ0n) is 9.93. The van der Waals surface area contributed by atoms with E-state index in [-0.39, 0.29) is 5.92 Å². The number of hydrogen-bond donors (Lipinski definition) is 1. The summed E-state index contributed by atoms with van der Waals surface area (Å²) in [6.45, 7) is 5.58. The fourth-order valence-electron chi connectivity index (χ4n) is 1.70. The van der Waals surface area contributed by atoms with Crippen LogP contribution in [0.15, 0.2) is 30.3 Å². The van der Waals surface area contributed by atoms with Gasteiger partial charge in [-0.05, 0) is 25.0 Å². The molecule has 16 heavy (non-hydrogen) atoms. The first-order chi connectivity index (χ1) is 7.44. The van der Waals surface area contributed by atoms with E-state index in [4.69, 9.17) is 4.74 Å². The molecule has 3 heteroatoms. The molecule has 1 N–H and O–H groups in total. The largest absolute Gasteiger partial charge is 0.478 e. The average molecular weight is 222 g/mol. The number of carbonyl (C=O) groups is 1. The van der Waals surface area contributed by atoms with Gasteiger partial charge in [-0.25, -0.2) is 4.79 Å². The van der Waals surface area contributed by atoms with Crippen molar-refractivity contribution in [1.29, 1.82) is 0 Å². The van der Waals surface area contributed by atoms with Gasteiger partial charge in [0.05, 0.1) is 0 Å². The highest BCUT2D eigenvalue weighted by atomic mass is 16.5. The van der Waals surface area contributed by atoms with Crippen LogP contribution < -0.4 is 4.74 Å². The first-order valence-corrected chi connectivity index (χ1v) is 5.41. The Labute approximate surface area is 96.1 Å². The number of ether oxygens (including phenoxy) is 1. The summed E-state index contributed by atoms with van der Waals surface area (Å²) in [4.78, 5) is 11.2. The molecule has 3 nitrogen and oxygen atoms in total. The summed E-state index contributed by atoms with van der Waals surface area (Å²) in [5.41, 5.74) is -1.16. The Kier molecular flexibility index (Phi) is 3.93. The van der Waals surface area contributed by atoms with Crippen molar-refractivity contribution in [2.24, 2.45) is 5.92 Å².